The molecule has 0 aliphatic carbocycles. The Balaban J connectivity index is 1.30. The fraction of sp³-hybridized carbons (Fsp3) is 0.458. The molecule has 2 aromatic heterocycles. The van der Waals surface area contributed by atoms with Gasteiger partial charge in [-0.25, -0.2) is 14.8 Å². The Hall–Kier alpha value is -3.41. The summed E-state index contributed by atoms with van der Waals surface area (Å²) in [6.07, 6.45) is 4.26. The first kappa shape index (κ1) is 29.1. The first-order valence-corrected chi connectivity index (χ1v) is 14.5. The van der Waals surface area contributed by atoms with Crippen molar-refractivity contribution in [2.75, 3.05) is 38.6 Å². The number of carbonyl (C=O) groups is 2. The minimum absolute atomic E-state index is 0.0306. The number of nitrogens with two attached hydrogens (primary N) is 1. The molecular formula is C24H28Br2N10O5. The van der Waals surface area contributed by atoms with E-state index in [0.717, 1.165) is 25.8 Å². The molecule has 0 spiro atoms. The Labute approximate surface area is 251 Å². The average Bonchev–Trinajstić information content (AvgIpc) is 3.57. The summed E-state index contributed by atoms with van der Waals surface area (Å²) in [5.74, 6) is -0.0410. The fourth-order valence-electron chi connectivity index (χ4n) is 4.58. The SMILES string of the molecule is CC1CCCCN1Cc1c(C(=O)N/N=C\c2cc(Br)c(OC(=O)N3CCOCC3)c(Br)c2)nnn1-c1nonc1N. The van der Waals surface area contributed by atoms with Crippen LogP contribution in [0, 0.1) is 0 Å². The number of piperidine rings is 1. The molecule has 15 nitrogen and oxygen atoms in total. The molecule has 1 aromatic carbocycles. The number of hydrogen-bond donors (Lipinski definition) is 2. The Bertz CT molecular complexity index is 1410. The Kier molecular flexibility index (Phi) is 9.26. The lowest BCUT2D eigenvalue weighted by Gasteiger charge is -2.33. The van der Waals surface area contributed by atoms with Crippen LogP contribution in [0.3, 0.4) is 0 Å². The van der Waals surface area contributed by atoms with Crippen molar-refractivity contribution in [1.82, 2.24) is 40.5 Å². The van der Waals surface area contributed by atoms with Crippen LogP contribution in [-0.4, -0.2) is 92.2 Å². The molecule has 5 rings (SSSR count). The second kappa shape index (κ2) is 13.1. The number of anilines is 1. The maximum Gasteiger partial charge on any atom is 0.415 e. The third-order valence-electron chi connectivity index (χ3n) is 6.83. The van der Waals surface area contributed by atoms with E-state index in [1.165, 1.54) is 10.9 Å². The molecule has 2 amide bonds. The molecule has 0 saturated carbocycles. The van der Waals surface area contributed by atoms with Crippen molar-refractivity contribution in [3.8, 4) is 11.6 Å². The molecule has 2 saturated heterocycles. The van der Waals surface area contributed by atoms with Crippen LogP contribution >= 0.6 is 31.9 Å². The number of likely N-dealkylation sites (tertiary alicyclic amines) is 1. The van der Waals surface area contributed by atoms with Crippen LogP contribution in [0.5, 0.6) is 5.75 Å². The number of nitrogen functional groups attached to an aromatic ring is 1. The number of benzene rings is 1. The van der Waals surface area contributed by atoms with Gasteiger partial charge >= 0.3 is 6.09 Å². The molecule has 0 bridgehead atoms. The highest BCUT2D eigenvalue weighted by molar-refractivity contribution is 9.11. The standard InChI is InChI=1S/C24H28Br2N10O5/c1-14-4-2-3-5-35(14)13-18-19(29-33-36(18)22-21(27)31-41-32-22)23(37)30-28-12-15-10-16(25)20(17(26)11-15)40-24(38)34-6-8-39-9-7-34/h10-12,14H,2-9,13H2,1H3,(H2,27,31)(H,30,37)/b28-12-. The highest BCUT2D eigenvalue weighted by Gasteiger charge is 2.28. The number of halogens is 2. The maximum atomic E-state index is 13.2. The first-order chi connectivity index (χ1) is 19.8. The van der Waals surface area contributed by atoms with Crippen LogP contribution in [0.2, 0.25) is 0 Å². The van der Waals surface area contributed by atoms with Gasteiger partial charge in [0.2, 0.25) is 11.6 Å². The summed E-state index contributed by atoms with van der Waals surface area (Å²) < 4.78 is 18.0. The van der Waals surface area contributed by atoms with E-state index in [2.05, 4.69) is 74.8 Å². The van der Waals surface area contributed by atoms with Crippen LogP contribution in [0.25, 0.3) is 5.82 Å². The van der Waals surface area contributed by atoms with Crippen molar-refractivity contribution >= 4 is 55.9 Å². The van der Waals surface area contributed by atoms with E-state index in [1.54, 1.807) is 17.0 Å². The minimum atomic E-state index is -0.559. The van der Waals surface area contributed by atoms with Gasteiger partial charge in [0, 0.05) is 25.7 Å². The Morgan fingerprint density at radius 3 is 2.63 bits per heavy atom. The van der Waals surface area contributed by atoms with E-state index < -0.39 is 12.0 Å². The number of morpholine rings is 1. The van der Waals surface area contributed by atoms with Crippen LogP contribution in [-0.2, 0) is 11.3 Å². The number of ether oxygens (including phenoxy) is 2. The summed E-state index contributed by atoms with van der Waals surface area (Å²) in [5, 5.41) is 19.7. The third-order valence-corrected chi connectivity index (χ3v) is 8.00. The first-order valence-electron chi connectivity index (χ1n) is 13.0. The summed E-state index contributed by atoms with van der Waals surface area (Å²) >= 11 is 6.89. The lowest BCUT2D eigenvalue weighted by Crippen LogP contribution is -2.42. The maximum absolute atomic E-state index is 13.2. The van der Waals surface area contributed by atoms with E-state index in [1.807, 2.05) is 0 Å². The second-order valence-corrected chi connectivity index (χ2v) is 11.3. The average molecular weight is 696 g/mol. The van der Waals surface area contributed by atoms with Crippen molar-refractivity contribution in [1.29, 1.82) is 0 Å². The van der Waals surface area contributed by atoms with Gasteiger partial charge in [-0.1, -0.05) is 11.6 Å². The number of rotatable bonds is 7. The zero-order chi connectivity index (χ0) is 28.9. The summed E-state index contributed by atoms with van der Waals surface area (Å²) in [6, 6.07) is 3.74. The Morgan fingerprint density at radius 1 is 1.20 bits per heavy atom. The number of nitrogens with one attached hydrogen (secondary N) is 1. The van der Waals surface area contributed by atoms with Gasteiger partial charge in [-0.05, 0) is 86.2 Å². The summed E-state index contributed by atoms with van der Waals surface area (Å²) in [5.41, 5.74) is 9.60. The summed E-state index contributed by atoms with van der Waals surface area (Å²) in [4.78, 5) is 29.5. The number of amides is 2. The van der Waals surface area contributed by atoms with Crippen LogP contribution in [0.4, 0.5) is 10.6 Å². The van der Waals surface area contributed by atoms with Gasteiger partial charge in [0.05, 0.1) is 34.1 Å². The topological polar surface area (TPSA) is 179 Å². The molecule has 218 valence electrons. The number of aromatic nitrogens is 5. The number of hydrazone groups is 1. The summed E-state index contributed by atoms with van der Waals surface area (Å²) in [7, 11) is 0. The molecule has 2 aliphatic rings. The minimum Gasteiger partial charge on any atom is -0.408 e. The molecule has 1 atom stereocenters. The normalized spacial score (nSPS) is 18.1. The van der Waals surface area contributed by atoms with Crippen molar-refractivity contribution in [2.45, 2.75) is 38.8 Å². The van der Waals surface area contributed by atoms with Gasteiger partial charge in [-0.15, -0.1) is 5.10 Å². The van der Waals surface area contributed by atoms with Crippen molar-refractivity contribution in [3.63, 3.8) is 0 Å². The molecule has 2 aliphatic heterocycles. The largest absolute Gasteiger partial charge is 0.415 e. The number of carbonyl (C=O) groups excluding carboxylic acids is 2. The smallest absolute Gasteiger partial charge is 0.408 e. The highest BCUT2D eigenvalue weighted by Crippen LogP contribution is 2.35. The molecule has 2 fully saturated rings. The van der Waals surface area contributed by atoms with Crippen molar-refractivity contribution < 1.29 is 23.7 Å². The van der Waals surface area contributed by atoms with Crippen LogP contribution in [0.1, 0.15) is 47.9 Å². The fourth-order valence-corrected chi connectivity index (χ4v) is 5.96. The van der Waals surface area contributed by atoms with Crippen LogP contribution in [0.15, 0.2) is 30.8 Å². The lowest BCUT2D eigenvalue weighted by atomic mass is 10.0. The molecule has 41 heavy (non-hydrogen) atoms. The van der Waals surface area contributed by atoms with E-state index in [4.69, 9.17) is 19.8 Å². The quantitative estimate of drug-likeness (QED) is 0.274. The van der Waals surface area contributed by atoms with Gasteiger partial charge in [0.15, 0.2) is 11.4 Å². The monoisotopic (exact) mass is 694 g/mol. The van der Waals surface area contributed by atoms with E-state index in [-0.39, 0.29) is 17.3 Å². The van der Waals surface area contributed by atoms with E-state index in [9.17, 15) is 9.59 Å². The predicted molar refractivity (Wildman–Crippen MR) is 153 cm³/mol. The van der Waals surface area contributed by atoms with Crippen LogP contribution < -0.4 is 15.9 Å². The van der Waals surface area contributed by atoms with Gasteiger partial charge in [-0.3, -0.25) is 9.69 Å². The molecule has 17 heteroatoms. The van der Waals surface area contributed by atoms with Gasteiger partial charge in [0.25, 0.3) is 5.91 Å². The Morgan fingerprint density at radius 2 is 1.95 bits per heavy atom. The summed E-state index contributed by atoms with van der Waals surface area (Å²) in [6.45, 7) is 5.30. The third kappa shape index (κ3) is 6.74. The zero-order valence-corrected chi connectivity index (χ0v) is 25.3. The molecular weight excluding hydrogens is 668 g/mol. The van der Waals surface area contributed by atoms with Crippen molar-refractivity contribution in [2.24, 2.45) is 5.10 Å². The zero-order valence-electron chi connectivity index (χ0n) is 22.1. The van der Waals surface area contributed by atoms with Gasteiger partial charge in [-0.2, -0.15) is 9.78 Å². The molecule has 0 radical (unpaired) electrons. The predicted octanol–water partition coefficient (Wildman–Crippen LogP) is 2.73. The number of hydrogen-bond acceptors (Lipinski definition) is 12. The lowest BCUT2D eigenvalue weighted by molar-refractivity contribution is 0.0414. The second-order valence-electron chi connectivity index (χ2n) is 9.57. The molecule has 1 unspecified atom stereocenters. The molecule has 4 heterocycles. The molecule has 3 aromatic rings. The highest BCUT2D eigenvalue weighted by atomic mass is 79.9. The van der Waals surface area contributed by atoms with E-state index in [0.29, 0.717) is 64.8 Å². The van der Waals surface area contributed by atoms with Gasteiger partial charge in [0.1, 0.15) is 0 Å². The molecule has 3 N–H and O–H groups in total. The van der Waals surface area contributed by atoms with Gasteiger partial charge < -0.3 is 20.1 Å². The number of nitrogens with zero attached hydrogens (tertiary/aromatic N) is 8. The van der Waals surface area contributed by atoms with Crippen molar-refractivity contribution in [3.05, 3.63) is 38.0 Å². The van der Waals surface area contributed by atoms with E-state index >= 15 is 0 Å².